The molecule has 1 aliphatic carbocycles. The van der Waals surface area contributed by atoms with Crippen LogP contribution >= 0.6 is 36.4 Å². The Hall–Kier alpha value is -0.680. The zero-order valence-electron chi connectivity index (χ0n) is 14.5. The van der Waals surface area contributed by atoms with Crippen molar-refractivity contribution in [2.45, 2.75) is 38.6 Å². The highest BCUT2D eigenvalue weighted by atomic mass is 35.5. The first-order valence-electron chi connectivity index (χ1n) is 8.57. The Morgan fingerprint density at radius 2 is 2.08 bits per heavy atom. The number of hydrogen-bond acceptors (Lipinski definition) is 3. The summed E-state index contributed by atoms with van der Waals surface area (Å²) in [6.07, 6.45) is 3.86. The molecule has 3 atom stereocenters. The Morgan fingerprint density at radius 1 is 1.32 bits per heavy atom. The second-order valence-electron chi connectivity index (χ2n) is 7.05. The van der Waals surface area contributed by atoms with Crippen molar-refractivity contribution >= 4 is 48.0 Å². The molecule has 1 saturated heterocycles. The third-order valence-corrected chi connectivity index (χ3v) is 5.44. The maximum absolute atomic E-state index is 12.2. The SMILES string of the molecule is Cc1ccc(Cl)cc1N1CCC(CNC(=O)C2CCC(N)C2)C1.Cl.Cl. The second kappa shape index (κ2) is 9.86. The first-order valence-corrected chi connectivity index (χ1v) is 8.95. The van der Waals surface area contributed by atoms with Crippen molar-refractivity contribution in [1.82, 2.24) is 5.32 Å². The molecule has 3 unspecified atom stereocenters. The molecule has 4 nitrogen and oxygen atoms in total. The largest absolute Gasteiger partial charge is 0.371 e. The number of aryl methyl sites for hydroxylation is 1. The Morgan fingerprint density at radius 3 is 2.76 bits per heavy atom. The molecular weight excluding hydrogens is 381 g/mol. The predicted molar refractivity (Wildman–Crippen MR) is 109 cm³/mol. The van der Waals surface area contributed by atoms with E-state index in [9.17, 15) is 4.79 Å². The molecule has 1 amide bonds. The van der Waals surface area contributed by atoms with Crippen LogP contribution in [0, 0.1) is 18.8 Å². The number of carbonyl (C=O) groups excluding carboxylic acids is 1. The number of halogens is 3. The Labute approximate surface area is 167 Å². The Bertz CT molecular complexity index is 585. The zero-order chi connectivity index (χ0) is 16.4. The molecule has 1 heterocycles. The van der Waals surface area contributed by atoms with Gasteiger partial charge in [-0.1, -0.05) is 17.7 Å². The van der Waals surface area contributed by atoms with Crippen molar-refractivity contribution in [3.8, 4) is 0 Å². The van der Waals surface area contributed by atoms with Gasteiger partial charge in [0.2, 0.25) is 5.91 Å². The van der Waals surface area contributed by atoms with Crippen molar-refractivity contribution in [2.24, 2.45) is 17.6 Å². The van der Waals surface area contributed by atoms with Gasteiger partial charge >= 0.3 is 0 Å². The Kier molecular flexibility index (Phi) is 8.82. The average molecular weight is 409 g/mol. The molecule has 3 N–H and O–H groups in total. The van der Waals surface area contributed by atoms with E-state index in [2.05, 4.69) is 23.2 Å². The number of hydrogen-bond donors (Lipinski definition) is 2. The third kappa shape index (κ3) is 5.65. The summed E-state index contributed by atoms with van der Waals surface area (Å²) in [5.41, 5.74) is 8.36. The van der Waals surface area contributed by atoms with Crippen LogP contribution < -0.4 is 16.0 Å². The summed E-state index contributed by atoms with van der Waals surface area (Å²) in [4.78, 5) is 14.6. The fraction of sp³-hybridized carbons (Fsp3) is 0.611. The molecule has 25 heavy (non-hydrogen) atoms. The molecule has 2 fully saturated rings. The summed E-state index contributed by atoms with van der Waals surface area (Å²) in [6.45, 7) is 4.88. The van der Waals surface area contributed by atoms with Crippen LogP contribution in [0.15, 0.2) is 18.2 Å². The lowest BCUT2D eigenvalue weighted by Gasteiger charge is -2.21. The van der Waals surface area contributed by atoms with Crippen molar-refractivity contribution in [1.29, 1.82) is 0 Å². The van der Waals surface area contributed by atoms with Crippen LogP contribution in [0.5, 0.6) is 0 Å². The van der Waals surface area contributed by atoms with Crippen molar-refractivity contribution in [3.63, 3.8) is 0 Å². The quantitative estimate of drug-likeness (QED) is 0.801. The van der Waals surface area contributed by atoms with E-state index in [0.29, 0.717) is 5.92 Å². The van der Waals surface area contributed by atoms with Crippen molar-refractivity contribution < 1.29 is 4.79 Å². The van der Waals surface area contributed by atoms with Gasteiger partial charge in [-0.3, -0.25) is 4.79 Å². The van der Waals surface area contributed by atoms with E-state index < -0.39 is 0 Å². The van der Waals surface area contributed by atoms with Crippen LogP contribution in [-0.4, -0.2) is 31.6 Å². The number of nitrogens with one attached hydrogen (secondary N) is 1. The third-order valence-electron chi connectivity index (χ3n) is 5.21. The highest BCUT2D eigenvalue weighted by Gasteiger charge is 2.29. The van der Waals surface area contributed by atoms with Crippen LogP contribution in [0.2, 0.25) is 5.02 Å². The van der Waals surface area contributed by atoms with Crippen LogP contribution in [0.4, 0.5) is 5.69 Å². The molecule has 0 aromatic heterocycles. The molecule has 1 aliphatic heterocycles. The van der Waals surface area contributed by atoms with E-state index in [4.69, 9.17) is 17.3 Å². The van der Waals surface area contributed by atoms with Gasteiger partial charge in [0.15, 0.2) is 0 Å². The highest BCUT2D eigenvalue weighted by molar-refractivity contribution is 6.30. The molecule has 142 valence electrons. The minimum absolute atomic E-state index is 0. The first kappa shape index (κ1) is 22.4. The summed E-state index contributed by atoms with van der Waals surface area (Å²) >= 11 is 6.12. The summed E-state index contributed by atoms with van der Waals surface area (Å²) in [5.74, 6) is 0.820. The minimum atomic E-state index is 0. The second-order valence-corrected chi connectivity index (χ2v) is 7.48. The van der Waals surface area contributed by atoms with Gasteiger partial charge < -0.3 is 16.0 Å². The van der Waals surface area contributed by atoms with Gasteiger partial charge in [-0.25, -0.2) is 0 Å². The number of rotatable bonds is 4. The number of nitrogens with zero attached hydrogens (tertiary/aromatic N) is 1. The first-order chi connectivity index (χ1) is 11.0. The van der Waals surface area contributed by atoms with E-state index in [1.54, 1.807) is 0 Å². The van der Waals surface area contributed by atoms with Crippen LogP contribution in [0.3, 0.4) is 0 Å². The van der Waals surface area contributed by atoms with Crippen LogP contribution in [0.1, 0.15) is 31.2 Å². The molecule has 3 rings (SSSR count). The van der Waals surface area contributed by atoms with E-state index in [-0.39, 0.29) is 42.7 Å². The molecule has 0 radical (unpaired) electrons. The van der Waals surface area contributed by atoms with E-state index in [1.807, 2.05) is 12.1 Å². The average Bonchev–Trinajstić information content (AvgIpc) is 3.16. The van der Waals surface area contributed by atoms with E-state index >= 15 is 0 Å². The van der Waals surface area contributed by atoms with Gasteiger partial charge in [0.05, 0.1) is 0 Å². The van der Waals surface area contributed by atoms with Gasteiger partial charge in [0.1, 0.15) is 0 Å². The molecule has 1 saturated carbocycles. The number of benzene rings is 1. The normalized spacial score (nSPS) is 25.2. The lowest BCUT2D eigenvalue weighted by atomic mass is 10.1. The van der Waals surface area contributed by atoms with Gasteiger partial charge in [-0.15, -0.1) is 24.8 Å². The monoisotopic (exact) mass is 407 g/mol. The number of carbonyl (C=O) groups is 1. The zero-order valence-corrected chi connectivity index (χ0v) is 16.9. The molecule has 1 aromatic rings. The maximum atomic E-state index is 12.2. The van der Waals surface area contributed by atoms with Crippen molar-refractivity contribution in [2.75, 3.05) is 24.5 Å². The van der Waals surface area contributed by atoms with Crippen LogP contribution in [-0.2, 0) is 4.79 Å². The molecule has 0 bridgehead atoms. The van der Waals surface area contributed by atoms with Gasteiger partial charge in [0, 0.05) is 42.3 Å². The lowest BCUT2D eigenvalue weighted by Crippen LogP contribution is -2.35. The topological polar surface area (TPSA) is 58.4 Å². The van der Waals surface area contributed by atoms with Gasteiger partial charge in [-0.05, 0) is 56.2 Å². The summed E-state index contributed by atoms with van der Waals surface area (Å²) in [6, 6.07) is 6.24. The number of amides is 1. The van der Waals surface area contributed by atoms with E-state index in [1.165, 1.54) is 11.3 Å². The smallest absolute Gasteiger partial charge is 0.223 e. The summed E-state index contributed by atoms with van der Waals surface area (Å²) in [7, 11) is 0. The molecule has 7 heteroatoms. The summed E-state index contributed by atoms with van der Waals surface area (Å²) in [5, 5.41) is 3.92. The maximum Gasteiger partial charge on any atom is 0.223 e. The minimum Gasteiger partial charge on any atom is -0.371 e. The van der Waals surface area contributed by atoms with Gasteiger partial charge in [0.25, 0.3) is 0 Å². The molecule has 2 aliphatic rings. The fourth-order valence-electron chi connectivity index (χ4n) is 3.79. The lowest BCUT2D eigenvalue weighted by molar-refractivity contribution is -0.125. The predicted octanol–water partition coefficient (Wildman–Crippen LogP) is 3.56. The number of anilines is 1. The molecular formula is C18H28Cl3N3O. The fourth-order valence-corrected chi connectivity index (χ4v) is 3.95. The van der Waals surface area contributed by atoms with Crippen LogP contribution in [0.25, 0.3) is 0 Å². The van der Waals surface area contributed by atoms with E-state index in [0.717, 1.165) is 50.3 Å². The highest BCUT2D eigenvalue weighted by Crippen LogP contribution is 2.29. The standard InChI is InChI=1S/C18H26ClN3O.2ClH/c1-12-2-4-15(19)9-17(12)22-7-6-13(11-22)10-21-18(23)14-3-5-16(20)8-14;;/h2,4,9,13-14,16H,3,5-8,10-11,20H2,1H3,(H,21,23);2*1H. The number of nitrogens with two attached hydrogens (primary N) is 1. The molecule has 0 spiro atoms. The summed E-state index contributed by atoms with van der Waals surface area (Å²) < 4.78 is 0. The van der Waals surface area contributed by atoms with Crippen molar-refractivity contribution in [3.05, 3.63) is 28.8 Å². The Balaban J connectivity index is 0.00000156. The molecule has 1 aromatic carbocycles. The van der Waals surface area contributed by atoms with Gasteiger partial charge in [-0.2, -0.15) is 0 Å².